The summed E-state index contributed by atoms with van der Waals surface area (Å²) in [6.45, 7) is 14.1. The van der Waals surface area contributed by atoms with E-state index in [0.717, 1.165) is 71.9 Å². The Morgan fingerprint density at radius 3 is 2.66 bits per heavy atom. The van der Waals surface area contributed by atoms with Crippen molar-refractivity contribution in [3.63, 3.8) is 0 Å². The van der Waals surface area contributed by atoms with Gasteiger partial charge >= 0.3 is 0 Å². The molecule has 1 aromatic heterocycles. The number of ether oxygens (including phenoxy) is 1. The van der Waals surface area contributed by atoms with Crippen molar-refractivity contribution in [3.05, 3.63) is 84.9 Å². The smallest absolute Gasteiger partial charge is 0.134 e. The van der Waals surface area contributed by atoms with Crippen LogP contribution in [0.5, 0.6) is 0 Å². The summed E-state index contributed by atoms with van der Waals surface area (Å²) >= 11 is 0. The zero-order chi connectivity index (χ0) is 27.5. The molecule has 1 saturated heterocycles. The van der Waals surface area contributed by atoms with Crippen LogP contribution < -0.4 is 16.0 Å². The minimum Gasteiger partial charge on any atom is -0.500 e. The van der Waals surface area contributed by atoms with E-state index in [4.69, 9.17) is 9.72 Å². The SMILES string of the molecule is C=C/C(=C\N(C)C)c1cccc(-c2ccc(C3=CNC(C(=C)OC)CC3)c(NC3CCCNC3)n2)c1.CC.[HH].[HH]. The lowest BCUT2D eigenvalue weighted by molar-refractivity contribution is 0.253. The van der Waals surface area contributed by atoms with Crippen molar-refractivity contribution in [2.45, 2.75) is 51.6 Å². The van der Waals surface area contributed by atoms with Crippen LogP contribution in [0.25, 0.3) is 22.4 Å². The lowest BCUT2D eigenvalue weighted by Gasteiger charge is -2.28. The highest BCUT2D eigenvalue weighted by Gasteiger charge is 2.22. The summed E-state index contributed by atoms with van der Waals surface area (Å²) in [5.41, 5.74) is 6.64. The second kappa shape index (κ2) is 14.4. The average molecular weight is 520 g/mol. The molecule has 6 heteroatoms. The number of aromatic nitrogens is 1. The number of hydrogen-bond acceptors (Lipinski definition) is 6. The van der Waals surface area contributed by atoms with E-state index < -0.39 is 0 Å². The van der Waals surface area contributed by atoms with Gasteiger partial charge in [-0.2, -0.15) is 0 Å². The van der Waals surface area contributed by atoms with Crippen LogP contribution in [0.1, 0.15) is 53.5 Å². The monoisotopic (exact) mass is 519 g/mol. The number of pyridine rings is 1. The van der Waals surface area contributed by atoms with Crippen molar-refractivity contribution in [1.82, 2.24) is 20.5 Å². The molecule has 0 radical (unpaired) electrons. The fourth-order valence-corrected chi connectivity index (χ4v) is 4.80. The van der Waals surface area contributed by atoms with Gasteiger partial charge in [0.25, 0.3) is 0 Å². The van der Waals surface area contributed by atoms with Crippen molar-refractivity contribution >= 4 is 17.0 Å². The zero-order valence-corrected chi connectivity index (χ0v) is 23.8. The first kappa shape index (κ1) is 29.1. The van der Waals surface area contributed by atoms with Crippen molar-refractivity contribution in [2.75, 3.05) is 39.6 Å². The Bertz CT molecular complexity index is 1160. The molecule has 2 atom stereocenters. The third kappa shape index (κ3) is 7.51. The van der Waals surface area contributed by atoms with Crippen LogP contribution in [-0.4, -0.2) is 56.3 Å². The predicted molar refractivity (Wildman–Crippen MR) is 167 cm³/mol. The molecule has 1 fully saturated rings. The summed E-state index contributed by atoms with van der Waals surface area (Å²) in [7, 11) is 5.72. The topological polar surface area (TPSA) is 61.5 Å². The first-order valence-electron chi connectivity index (χ1n) is 13.8. The largest absolute Gasteiger partial charge is 0.500 e. The predicted octanol–water partition coefficient (Wildman–Crippen LogP) is 6.77. The number of nitrogens with zero attached hydrogens (tertiary/aromatic N) is 2. The molecule has 2 aliphatic rings. The van der Waals surface area contributed by atoms with Gasteiger partial charge in [-0.05, 0) is 67.1 Å². The lowest BCUT2D eigenvalue weighted by Crippen LogP contribution is -2.39. The first-order valence-corrected chi connectivity index (χ1v) is 13.8. The number of piperidine rings is 1. The lowest BCUT2D eigenvalue weighted by atomic mass is 9.94. The highest BCUT2D eigenvalue weighted by atomic mass is 16.5. The van der Waals surface area contributed by atoms with Gasteiger partial charge in [0, 0.05) is 53.1 Å². The van der Waals surface area contributed by atoms with Crippen LogP contribution in [0.2, 0.25) is 0 Å². The van der Waals surface area contributed by atoms with Gasteiger partial charge < -0.3 is 25.6 Å². The van der Waals surface area contributed by atoms with Gasteiger partial charge in [0.15, 0.2) is 0 Å². The van der Waals surface area contributed by atoms with Crippen LogP contribution in [-0.2, 0) is 4.74 Å². The van der Waals surface area contributed by atoms with Gasteiger partial charge in [-0.3, -0.25) is 0 Å². The molecule has 0 aliphatic carbocycles. The molecule has 6 nitrogen and oxygen atoms in total. The van der Waals surface area contributed by atoms with Crippen molar-refractivity contribution in [2.24, 2.45) is 0 Å². The molecule has 0 spiro atoms. The number of benzene rings is 1. The molecular formula is C32H49N5O. The summed E-state index contributed by atoms with van der Waals surface area (Å²) in [6, 6.07) is 13.3. The van der Waals surface area contributed by atoms with Crippen LogP contribution in [0, 0.1) is 0 Å². The van der Waals surface area contributed by atoms with Gasteiger partial charge in [-0.25, -0.2) is 4.98 Å². The van der Waals surface area contributed by atoms with Gasteiger partial charge in [-0.1, -0.05) is 51.3 Å². The molecule has 0 bridgehead atoms. The minimum atomic E-state index is 0. The van der Waals surface area contributed by atoms with Gasteiger partial charge in [-0.15, -0.1) is 0 Å². The highest BCUT2D eigenvalue weighted by molar-refractivity contribution is 5.79. The normalized spacial score (nSPS) is 19.2. The van der Waals surface area contributed by atoms with E-state index >= 15 is 0 Å². The maximum Gasteiger partial charge on any atom is 0.134 e. The van der Waals surface area contributed by atoms with Gasteiger partial charge in [0.05, 0.1) is 18.8 Å². The van der Waals surface area contributed by atoms with E-state index in [-0.39, 0.29) is 8.90 Å². The Balaban J connectivity index is 0.00000196. The number of rotatable bonds is 9. The number of hydrogen-bond donors (Lipinski definition) is 3. The Kier molecular flexibility index (Phi) is 11.0. The molecular weight excluding hydrogens is 470 g/mol. The van der Waals surface area contributed by atoms with E-state index in [0.29, 0.717) is 6.04 Å². The molecule has 4 rings (SSSR count). The van der Waals surface area contributed by atoms with Gasteiger partial charge in [0.1, 0.15) is 11.6 Å². The third-order valence-electron chi connectivity index (χ3n) is 6.80. The summed E-state index contributed by atoms with van der Waals surface area (Å²) in [6.07, 6.45) is 10.3. The molecule has 2 aliphatic heterocycles. The number of methoxy groups -OCH3 is 1. The summed E-state index contributed by atoms with van der Waals surface area (Å²) < 4.78 is 5.34. The van der Waals surface area contributed by atoms with Gasteiger partial charge in [0.2, 0.25) is 0 Å². The summed E-state index contributed by atoms with van der Waals surface area (Å²) in [5, 5.41) is 10.7. The maximum absolute atomic E-state index is 5.34. The molecule has 38 heavy (non-hydrogen) atoms. The van der Waals surface area contributed by atoms with Crippen molar-refractivity contribution in [1.29, 1.82) is 0 Å². The molecule has 208 valence electrons. The Labute approximate surface area is 232 Å². The highest BCUT2D eigenvalue weighted by Crippen LogP contribution is 2.33. The molecule has 3 heterocycles. The molecule has 1 aromatic carbocycles. The van der Waals surface area contributed by atoms with Crippen molar-refractivity contribution < 1.29 is 7.59 Å². The Morgan fingerprint density at radius 1 is 1.21 bits per heavy atom. The third-order valence-corrected chi connectivity index (χ3v) is 6.80. The summed E-state index contributed by atoms with van der Waals surface area (Å²) in [4.78, 5) is 7.20. The fraction of sp³-hybridized carbons (Fsp3) is 0.406. The quantitative estimate of drug-likeness (QED) is 0.251. The number of allylic oxidation sites excluding steroid dienone is 3. The van der Waals surface area contributed by atoms with E-state index in [1.165, 1.54) is 12.0 Å². The zero-order valence-electron chi connectivity index (χ0n) is 23.8. The molecule has 0 amide bonds. The van der Waals surface area contributed by atoms with Crippen LogP contribution in [0.3, 0.4) is 0 Å². The average Bonchev–Trinajstić information content (AvgIpc) is 2.97. The van der Waals surface area contributed by atoms with Crippen LogP contribution in [0.4, 0.5) is 5.82 Å². The second-order valence-corrected chi connectivity index (χ2v) is 9.71. The van der Waals surface area contributed by atoms with E-state index in [1.54, 1.807) is 7.11 Å². The van der Waals surface area contributed by atoms with E-state index in [2.05, 4.69) is 77.9 Å². The minimum absolute atomic E-state index is 0. The molecule has 2 aromatic rings. The number of nitrogens with one attached hydrogen (secondary N) is 3. The molecule has 3 N–H and O–H groups in total. The van der Waals surface area contributed by atoms with Crippen LogP contribution in [0.15, 0.2) is 73.8 Å². The Morgan fingerprint density at radius 2 is 2.03 bits per heavy atom. The fourth-order valence-electron chi connectivity index (χ4n) is 4.80. The first-order chi connectivity index (χ1) is 18.5. The van der Waals surface area contributed by atoms with Crippen molar-refractivity contribution in [3.8, 4) is 11.3 Å². The Hall–Kier alpha value is -3.51. The second-order valence-electron chi connectivity index (χ2n) is 9.71. The number of anilines is 1. The summed E-state index contributed by atoms with van der Waals surface area (Å²) in [5.74, 6) is 1.71. The van der Waals surface area contributed by atoms with E-state index in [9.17, 15) is 0 Å². The molecule has 0 saturated carbocycles. The standard InChI is InChI=1S/C30H39N5O.C2H6.2H2/c1-6-22(20-35(3)4)23-9-7-10-24(17-23)29-15-13-27(25-12-14-28(32-18-25)21(2)36-5)30(34-29)33-26-11-8-16-31-19-26;1-2;;/h6-7,9-10,13,15,17-18,20,26,28,31-32H,1-2,8,11-12,14,16,19H2,3-5H3,(H,33,34);1-2H3;2*1H/b22-20+;;;. The van der Waals surface area contributed by atoms with E-state index in [1.807, 2.05) is 38.9 Å². The van der Waals surface area contributed by atoms with Crippen LogP contribution >= 0.6 is 0 Å². The molecule has 2 unspecified atom stereocenters. The maximum atomic E-state index is 5.34.